The van der Waals surface area contributed by atoms with E-state index < -0.39 is 0 Å². The van der Waals surface area contributed by atoms with Gasteiger partial charge in [0.25, 0.3) is 0 Å². The summed E-state index contributed by atoms with van der Waals surface area (Å²) in [6, 6.07) is 17.4. The third kappa shape index (κ3) is 4.74. The molecule has 0 spiro atoms. The number of hydrogen-bond donors (Lipinski definition) is 1. The lowest BCUT2D eigenvalue weighted by atomic mass is 10.1. The summed E-state index contributed by atoms with van der Waals surface area (Å²) in [5.41, 5.74) is 2.01. The fourth-order valence-corrected chi connectivity index (χ4v) is 2.45. The van der Waals surface area contributed by atoms with Gasteiger partial charge in [-0.1, -0.05) is 43.3 Å². The Kier molecular flexibility index (Phi) is 6.03. The number of anilines is 1. The molecule has 0 unspecified atom stereocenters. The predicted molar refractivity (Wildman–Crippen MR) is 93.6 cm³/mol. The number of nitrogens with one attached hydrogen (secondary N) is 1. The van der Waals surface area contributed by atoms with Crippen LogP contribution in [0.2, 0.25) is 0 Å². The summed E-state index contributed by atoms with van der Waals surface area (Å²) in [6.07, 6.45) is 0.717. The molecule has 0 aliphatic heterocycles. The first-order valence-electron chi connectivity index (χ1n) is 7.83. The maximum Gasteiger partial charge on any atom is 0.245 e. The first kappa shape index (κ1) is 16.9. The van der Waals surface area contributed by atoms with Crippen LogP contribution in [0.5, 0.6) is 5.75 Å². The second-order valence-electron chi connectivity index (χ2n) is 5.52. The van der Waals surface area contributed by atoms with Crippen LogP contribution >= 0.6 is 0 Å². The topological polar surface area (TPSA) is 41.6 Å². The zero-order valence-corrected chi connectivity index (χ0v) is 14.0. The molecule has 0 bridgehead atoms. The molecule has 0 aromatic heterocycles. The molecule has 0 aliphatic rings. The van der Waals surface area contributed by atoms with Gasteiger partial charge in [-0.15, -0.1) is 0 Å². The van der Waals surface area contributed by atoms with Crippen molar-refractivity contribution in [2.24, 2.45) is 0 Å². The van der Waals surface area contributed by atoms with Crippen LogP contribution in [-0.2, 0) is 11.3 Å². The summed E-state index contributed by atoms with van der Waals surface area (Å²) >= 11 is 0. The molecule has 4 heteroatoms. The van der Waals surface area contributed by atoms with Gasteiger partial charge in [-0.25, -0.2) is 0 Å². The number of likely N-dealkylation sites (N-methyl/N-ethyl adjacent to an activating group) is 1. The molecule has 2 rings (SSSR count). The van der Waals surface area contributed by atoms with E-state index in [1.807, 2.05) is 68.6 Å². The predicted octanol–water partition coefficient (Wildman–Crippen LogP) is 3.54. The van der Waals surface area contributed by atoms with Crippen LogP contribution in [0.25, 0.3) is 0 Å². The van der Waals surface area contributed by atoms with E-state index >= 15 is 0 Å². The van der Waals surface area contributed by atoms with Gasteiger partial charge in [0.2, 0.25) is 5.91 Å². The first-order chi connectivity index (χ1) is 11.1. The Hall–Kier alpha value is -2.49. The van der Waals surface area contributed by atoms with E-state index in [0.29, 0.717) is 6.54 Å². The van der Waals surface area contributed by atoms with Gasteiger partial charge in [0.15, 0.2) is 0 Å². The van der Waals surface area contributed by atoms with Crippen LogP contribution in [-0.4, -0.2) is 31.0 Å². The highest BCUT2D eigenvalue weighted by molar-refractivity contribution is 5.84. The summed E-state index contributed by atoms with van der Waals surface area (Å²) in [7, 11) is 3.47. The number of hydrogen-bond acceptors (Lipinski definition) is 3. The van der Waals surface area contributed by atoms with E-state index in [1.165, 1.54) is 0 Å². The molecule has 23 heavy (non-hydrogen) atoms. The highest BCUT2D eigenvalue weighted by atomic mass is 16.5. The first-order valence-corrected chi connectivity index (χ1v) is 7.83. The minimum atomic E-state index is -0.254. The van der Waals surface area contributed by atoms with Gasteiger partial charge in [0.05, 0.1) is 7.11 Å². The second-order valence-corrected chi connectivity index (χ2v) is 5.52. The van der Waals surface area contributed by atoms with Crippen LogP contribution in [0, 0.1) is 0 Å². The van der Waals surface area contributed by atoms with Crippen molar-refractivity contribution in [2.75, 3.05) is 19.5 Å². The molecule has 0 fully saturated rings. The van der Waals surface area contributed by atoms with Gasteiger partial charge in [-0.2, -0.15) is 0 Å². The standard InChI is InChI=1S/C19H24N2O2/c1-4-18(20-16-11-8-12-17(13-16)23-3)19(22)21(2)14-15-9-6-5-7-10-15/h5-13,18,20H,4,14H2,1-3H3/t18-/m0/s1. The number of ether oxygens (including phenoxy) is 1. The molecule has 1 amide bonds. The Bertz CT molecular complexity index is 628. The minimum absolute atomic E-state index is 0.0826. The lowest BCUT2D eigenvalue weighted by Gasteiger charge is -2.24. The van der Waals surface area contributed by atoms with Crippen molar-refractivity contribution in [1.29, 1.82) is 0 Å². The molecule has 1 N–H and O–H groups in total. The zero-order valence-electron chi connectivity index (χ0n) is 14.0. The van der Waals surface area contributed by atoms with Gasteiger partial charge >= 0.3 is 0 Å². The molecule has 0 radical (unpaired) electrons. The van der Waals surface area contributed by atoms with E-state index in [4.69, 9.17) is 4.74 Å². The smallest absolute Gasteiger partial charge is 0.245 e. The number of rotatable bonds is 7. The SMILES string of the molecule is CC[C@H](Nc1cccc(OC)c1)C(=O)N(C)Cc1ccccc1. The third-order valence-electron chi connectivity index (χ3n) is 3.76. The van der Waals surface area contributed by atoms with Crippen molar-refractivity contribution in [1.82, 2.24) is 4.90 Å². The molecule has 122 valence electrons. The van der Waals surface area contributed by atoms with Gasteiger partial charge < -0.3 is 15.0 Å². The lowest BCUT2D eigenvalue weighted by molar-refractivity contribution is -0.131. The fourth-order valence-electron chi connectivity index (χ4n) is 2.45. The molecular formula is C19H24N2O2. The van der Waals surface area contributed by atoms with Crippen molar-refractivity contribution in [2.45, 2.75) is 25.9 Å². The van der Waals surface area contributed by atoms with E-state index in [2.05, 4.69) is 5.32 Å². The van der Waals surface area contributed by atoms with Crippen LogP contribution in [0.4, 0.5) is 5.69 Å². The summed E-state index contributed by atoms with van der Waals surface area (Å²) in [5.74, 6) is 0.856. The Morgan fingerprint density at radius 1 is 1.17 bits per heavy atom. The highest BCUT2D eigenvalue weighted by Crippen LogP contribution is 2.18. The normalized spacial score (nSPS) is 11.6. The van der Waals surface area contributed by atoms with E-state index in [-0.39, 0.29) is 11.9 Å². The summed E-state index contributed by atoms with van der Waals surface area (Å²) < 4.78 is 5.22. The van der Waals surface area contributed by atoms with Crippen LogP contribution < -0.4 is 10.1 Å². The molecule has 4 nitrogen and oxygen atoms in total. The average molecular weight is 312 g/mol. The Balaban J connectivity index is 2.02. The maximum absolute atomic E-state index is 12.7. The highest BCUT2D eigenvalue weighted by Gasteiger charge is 2.20. The molecule has 2 aromatic carbocycles. The van der Waals surface area contributed by atoms with Crippen molar-refractivity contribution in [3.8, 4) is 5.75 Å². The number of carbonyl (C=O) groups excluding carboxylic acids is 1. The third-order valence-corrected chi connectivity index (χ3v) is 3.76. The van der Waals surface area contributed by atoms with Crippen molar-refractivity contribution >= 4 is 11.6 Å². The van der Waals surface area contributed by atoms with E-state index in [9.17, 15) is 4.79 Å². The van der Waals surface area contributed by atoms with Gasteiger partial charge in [0, 0.05) is 25.3 Å². The second kappa shape index (κ2) is 8.22. The lowest BCUT2D eigenvalue weighted by Crippen LogP contribution is -2.40. The largest absolute Gasteiger partial charge is 0.497 e. The maximum atomic E-state index is 12.7. The molecule has 0 heterocycles. The van der Waals surface area contributed by atoms with Crippen molar-refractivity contribution in [3.05, 3.63) is 60.2 Å². The monoisotopic (exact) mass is 312 g/mol. The Morgan fingerprint density at radius 3 is 2.57 bits per heavy atom. The van der Waals surface area contributed by atoms with Crippen molar-refractivity contribution < 1.29 is 9.53 Å². The van der Waals surface area contributed by atoms with E-state index in [1.54, 1.807) is 12.0 Å². The molecule has 0 saturated carbocycles. The molecule has 1 atom stereocenters. The molecule has 2 aromatic rings. The Labute approximate surface area is 138 Å². The number of benzene rings is 2. The molecular weight excluding hydrogens is 288 g/mol. The molecule has 0 aliphatic carbocycles. The fraction of sp³-hybridized carbons (Fsp3) is 0.316. The number of amides is 1. The van der Waals surface area contributed by atoms with E-state index in [0.717, 1.165) is 23.4 Å². The molecule has 0 saturated heterocycles. The summed E-state index contributed by atoms with van der Waals surface area (Å²) in [6.45, 7) is 2.61. The number of carbonyl (C=O) groups is 1. The zero-order chi connectivity index (χ0) is 16.7. The minimum Gasteiger partial charge on any atom is -0.497 e. The average Bonchev–Trinajstić information content (AvgIpc) is 2.60. The van der Waals surface area contributed by atoms with Gasteiger partial charge in [-0.3, -0.25) is 4.79 Å². The van der Waals surface area contributed by atoms with Crippen LogP contribution in [0.3, 0.4) is 0 Å². The van der Waals surface area contributed by atoms with Crippen LogP contribution in [0.1, 0.15) is 18.9 Å². The number of nitrogens with zero attached hydrogens (tertiary/aromatic N) is 1. The summed E-state index contributed by atoms with van der Waals surface area (Å²) in [4.78, 5) is 14.4. The van der Waals surface area contributed by atoms with Gasteiger partial charge in [0.1, 0.15) is 11.8 Å². The Morgan fingerprint density at radius 2 is 1.91 bits per heavy atom. The van der Waals surface area contributed by atoms with Crippen LogP contribution in [0.15, 0.2) is 54.6 Å². The van der Waals surface area contributed by atoms with Crippen molar-refractivity contribution in [3.63, 3.8) is 0 Å². The number of methoxy groups -OCH3 is 1. The quantitative estimate of drug-likeness (QED) is 0.850. The summed E-state index contributed by atoms with van der Waals surface area (Å²) in [5, 5.41) is 3.30. The van der Waals surface area contributed by atoms with Gasteiger partial charge in [-0.05, 0) is 24.1 Å².